The molecule has 1 aromatic rings. The van der Waals surface area contributed by atoms with E-state index in [0.717, 1.165) is 30.8 Å². The molecule has 0 saturated carbocycles. The Morgan fingerprint density at radius 1 is 1.47 bits per heavy atom. The van der Waals surface area contributed by atoms with Crippen molar-refractivity contribution in [1.29, 1.82) is 0 Å². The number of hydrogen-bond acceptors (Lipinski definition) is 3. The molecule has 1 aliphatic rings. The molecule has 1 aliphatic heterocycles. The van der Waals surface area contributed by atoms with Gasteiger partial charge in [-0.05, 0) is 50.9 Å². The molecule has 104 valence electrons. The summed E-state index contributed by atoms with van der Waals surface area (Å²) in [5, 5.41) is 6.34. The molecule has 0 bridgehead atoms. The molecule has 2 atom stereocenters. The monoisotopic (exact) mass is 262 g/mol. The maximum absolute atomic E-state index is 11.6. The number of carbonyl (C=O) groups excluding carboxylic acids is 1. The smallest absolute Gasteiger partial charge is 0.265 e. The van der Waals surface area contributed by atoms with Crippen LogP contribution in [0.3, 0.4) is 0 Å². The molecule has 2 unspecified atom stereocenters. The maximum atomic E-state index is 11.6. The molecule has 19 heavy (non-hydrogen) atoms. The summed E-state index contributed by atoms with van der Waals surface area (Å²) in [5.74, 6) is 0.673. The van der Waals surface area contributed by atoms with Crippen LogP contribution < -0.4 is 15.4 Å². The van der Waals surface area contributed by atoms with Crippen molar-refractivity contribution in [3.05, 3.63) is 23.8 Å². The number of anilines is 1. The predicted molar refractivity (Wildman–Crippen MR) is 76.6 cm³/mol. The Morgan fingerprint density at radius 3 is 3.00 bits per heavy atom. The number of rotatable bonds is 5. The third kappa shape index (κ3) is 3.47. The minimum atomic E-state index is -0.413. The van der Waals surface area contributed by atoms with E-state index in [2.05, 4.69) is 30.5 Å². The largest absolute Gasteiger partial charge is 0.479 e. The first kappa shape index (κ1) is 13.9. The summed E-state index contributed by atoms with van der Waals surface area (Å²) in [7, 11) is 0. The maximum Gasteiger partial charge on any atom is 0.265 e. The molecule has 2 N–H and O–H groups in total. The fourth-order valence-electron chi connectivity index (χ4n) is 2.20. The highest BCUT2D eigenvalue weighted by atomic mass is 16.5. The molecule has 1 amide bonds. The van der Waals surface area contributed by atoms with Crippen LogP contribution in [-0.2, 0) is 11.2 Å². The lowest BCUT2D eigenvalue weighted by molar-refractivity contribution is -0.122. The quantitative estimate of drug-likeness (QED) is 0.856. The molecule has 4 heteroatoms. The summed E-state index contributed by atoms with van der Waals surface area (Å²) in [4.78, 5) is 11.6. The summed E-state index contributed by atoms with van der Waals surface area (Å²) in [6.45, 7) is 7.12. The summed E-state index contributed by atoms with van der Waals surface area (Å²) in [6, 6.07) is 6.43. The van der Waals surface area contributed by atoms with Crippen molar-refractivity contribution in [3.8, 4) is 5.75 Å². The van der Waals surface area contributed by atoms with Crippen LogP contribution in [0.5, 0.6) is 5.75 Å². The van der Waals surface area contributed by atoms with Gasteiger partial charge in [-0.1, -0.05) is 13.0 Å². The van der Waals surface area contributed by atoms with Crippen molar-refractivity contribution in [2.24, 2.45) is 0 Å². The molecule has 0 saturated heterocycles. The van der Waals surface area contributed by atoms with Crippen molar-refractivity contribution < 1.29 is 9.53 Å². The first-order valence-corrected chi connectivity index (χ1v) is 6.94. The van der Waals surface area contributed by atoms with Crippen molar-refractivity contribution in [2.75, 3.05) is 11.9 Å². The van der Waals surface area contributed by atoms with Gasteiger partial charge in [-0.15, -0.1) is 0 Å². The first-order chi connectivity index (χ1) is 9.10. The van der Waals surface area contributed by atoms with Crippen molar-refractivity contribution in [1.82, 2.24) is 5.32 Å². The van der Waals surface area contributed by atoms with Crippen LogP contribution in [-0.4, -0.2) is 24.6 Å². The van der Waals surface area contributed by atoms with Gasteiger partial charge >= 0.3 is 0 Å². The lowest BCUT2D eigenvalue weighted by Gasteiger charge is -2.24. The molecule has 1 aromatic carbocycles. The second kappa shape index (κ2) is 6.06. The molecule has 0 fully saturated rings. The van der Waals surface area contributed by atoms with Crippen LogP contribution in [0.4, 0.5) is 5.69 Å². The second-order valence-corrected chi connectivity index (χ2v) is 5.14. The van der Waals surface area contributed by atoms with Gasteiger partial charge in [-0.2, -0.15) is 0 Å². The third-order valence-electron chi connectivity index (χ3n) is 3.26. The van der Waals surface area contributed by atoms with E-state index in [0.29, 0.717) is 6.04 Å². The van der Waals surface area contributed by atoms with Crippen LogP contribution in [0, 0.1) is 0 Å². The van der Waals surface area contributed by atoms with E-state index in [1.54, 1.807) is 6.92 Å². The Morgan fingerprint density at radius 2 is 2.26 bits per heavy atom. The number of nitrogens with one attached hydrogen (secondary N) is 2. The summed E-state index contributed by atoms with van der Waals surface area (Å²) < 4.78 is 5.54. The van der Waals surface area contributed by atoms with Gasteiger partial charge in [-0.25, -0.2) is 0 Å². The highest BCUT2D eigenvalue weighted by Gasteiger charge is 2.23. The standard InChI is InChI=1S/C15H22N2O2/c1-4-7-16-10(2)8-12-5-6-14-13(9-12)17-15(18)11(3)19-14/h5-6,9-11,16H,4,7-8H2,1-3H3,(H,17,18). The Hall–Kier alpha value is -1.55. The summed E-state index contributed by atoms with van der Waals surface area (Å²) in [5.41, 5.74) is 1.98. The lowest BCUT2D eigenvalue weighted by Crippen LogP contribution is -2.34. The van der Waals surface area contributed by atoms with Gasteiger partial charge in [0, 0.05) is 6.04 Å². The summed E-state index contributed by atoms with van der Waals surface area (Å²) >= 11 is 0. The number of ether oxygens (including phenoxy) is 1. The van der Waals surface area contributed by atoms with Gasteiger partial charge in [0.25, 0.3) is 5.91 Å². The van der Waals surface area contributed by atoms with Crippen LogP contribution in [0.2, 0.25) is 0 Å². The topological polar surface area (TPSA) is 50.4 Å². The summed E-state index contributed by atoms with van der Waals surface area (Å²) in [6.07, 6.45) is 1.66. The molecular formula is C15H22N2O2. The van der Waals surface area contributed by atoms with E-state index in [1.165, 1.54) is 5.56 Å². The van der Waals surface area contributed by atoms with Crippen LogP contribution in [0.1, 0.15) is 32.8 Å². The Labute approximate surface area is 114 Å². The zero-order valence-corrected chi connectivity index (χ0v) is 11.8. The van der Waals surface area contributed by atoms with Gasteiger partial charge in [0.15, 0.2) is 6.10 Å². The van der Waals surface area contributed by atoms with Crippen LogP contribution in [0.15, 0.2) is 18.2 Å². The second-order valence-electron chi connectivity index (χ2n) is 5.14. The van der Waals surface area contributed by atoms with Gasteiger partial charge in [0.2, 0.25) is 0 Å². The van der Waals surface area contributed by atoms with Crippen molar-refractivity contribution in [2.45, 2.75) is 45.8 Å². The van der Waals surface area contributed by atoms with E-state index in [-0.39, 0.29) is 5.91 Å². The zero-order valence-electron chi connectivity index (χ0n) is 11.8. The lowest BCUT2D eigenvalue weighted by atomic mass is 10.0. The molecular weight excluding hydrogens is 240 g/mol. The van der Waals surface area contributed by atoms with Gasteiger partial charge in [-0.3, -0.25) is 4.79 Å². The molecule has 0 aliphatic carbocycles. The molecule has 1 heterocycles. The molecule has 0 radical (unpaired) electrons. The molecule has 0 aromatic heterocycles. The number of benzene rings is 1. The minimum Gasteiger partial charge on any atom is -0.479 e. The van der Waals surface area contributed by atoms with E-state index in [1.807, 2.05) is 12.1 Å². The Bertz CT molecular complexity index is 459. The van der Waals surface area contributed by atoms with Gasteiger partial charge in [0.1, 0.15) is 5.75 Å². The first-order valence-electron chi connectivity index (χ1n) is 6.94. The highest BCUT2D eigenvalue weighted by Crippen LogP contribution is 2.30. The van der Waals surface area contributed by atoms with Crippen LogP contribution >= 0.6 is 0 Å². The average molecular weight is 262 g/mol. The Balaban J connectivity index is 2.05. The number of fused-ring (bicyclic) bond motifs is 1. The fourth-order valence-corrected chi connectivity index (χ4v) is 2.20. The van der Waals surface area contributed by atoms with Gasteiger partial charge < -0.3 is 15.4 Å². The Kier molecular flexibility index (Phi) is 4.43. The third-order valence-corrected chi connectivity index (χ3v) is 3.26. The van der Waals surface area contributed by atoms with E-state index < -0.39 is 6.10 Å². The normalized spacial score (nSPS) is 19.3. The van der Waals surface area contributed by atoms with E-state index >= 15 is 0 Å². The van der Waals surface area contributed by atoms with E-state index in [9.17, 15) is 4.79 Å². The number of carbonyl (C=O) groups is 1. The van der Waals surface area contributed by atoms with Gasteiger partial charge in [0.05, 0.1) is 5.69 Å². The zero-order chi connectivity index (χ0) is 13.8. The van der Waals surface area contributed by atoms with Crippen molar-refractivity contribution >= 4 is 11.6 Å². The highest BCUT2D eigenvalue weighted by molar-refractivity contribution is 5.97. The minimum absolute atomic E-state index is 0.0817. The SMILES string of the molecule is CCCNC(C)Cc1ccc2c(c1)NC(=O)C(C)O2. The van der Waals surface area contributed by atoms with Crippen LogP contribution in [0.25, 0.3) is 0 Å². The predicted octanol–water partition coefficient (Wildman–Crippen LogP) is 2.34. The number of hydrogen-bond donors (Lipinski definition) is 2. The molecule has 0 spiro atoms. The van der Waals surface area contributed by atoms with E-state index in [4.69, 9.17) is 4.74 Å². The molecule has 2 rings (SSSR count). The molecule has 4 nitrogen and oxygen atoms in total. The fraction of sp³-hybridized carbons (Fsp3) is 0.533. The van der Waals surface area contributed by atoms with Crippen molar-refractivity contribution in [3.63, 3.8) is 0 Å². The number of amides is 1. The average Bonchev–Trinajstić information content (AvgIpc) is 2.38.